The SMILES string of the molecule is Cc1ccc2cc(CN(C)C(=O)c3cccc([N+](=O)[O-])c3)c(=O)[nH]c2c1. The van der Waals surface area contributed by atoms with Gasteiger partial charge >= 0.3 is 0 Å². The lowest BCUT2D eigenvalue weighted by Crippen LogP contribution is -2.29. The molecule has 0 bridgehead atoms. The van der Waals surface area contributed by atoms with Crippen molar-refractivity contribution < 1.29 is 9.72 Å². The van der Waals surface area contributed by atoms with Gasteiger partial charge in [0.05, 0.1) is 11.5 Å². The van der Waals surface area contributed by atoms with Crippen molar-refractivity contribution in [2.24, 2.45) is 0 Å². The number of nitro groups is 1. The lowest BCUT2D eigenvalue weighted by molar-refractivity contribution is -0.384. The highest BCUT2D eigenvalue weighted by Gasteiger charge is 2.17. The van der Waals surface area contributed by atoms with E-state index in [0.29, 0.717) is 5.56 Å². The van der Waals surface area contributed by atoms with E-state index < -0.39 is 10.8 Å². The number of benzene rings is 2. The Kier molecular flexibility index (Phi) is 4.53. The number of fused-ring (bicyclic) bond motifs is 1. The maximum atomic E-state index is 12.5. The van der Waals surface area contributed by atoms with Crippen molar-refractivity contribution in [1.82, 2.24) is 9.88 Å². The number of hydrogen-bond acceptors (Lipinski definition) is 4. The molecule has 0 saturated heterocycles. The van der Waals surface area contributed by atoms with E-state index in [9.17, 15) is 19.7 Å². The summed E-state index contributed by atoms with van der Waals surface area (Å²) in [5.41, 5.74) is 2.02. The molecule has 3 aromatic rings. The molecule has 1 heterocycles. The van der Waals surface area contributed by atoms with Gasteiger partial charge in [0, 0.05) is 35.8 Å². The zero-order chi connectivity index (χ0) is 18.8. The summed E-state index contributed by atoms with van der Waals surface area (Å²) < 4.78 is 0. The van der Waals surface area contributed by atoms with Crippen molar-refractivity contribution in [2.45, 2.75) is 13.5 Å². The molecule has 1 N–H and O–H groups in total. The minimum absolute atomic E-state index is 0.0979. The Morgan fingerprint density at radius 3 is 2.69 bits per heavy atom. The Balaban J connectivity index is 1.87. The van der Waals surface area contributed by atoms with Crippen LogP contribution in [-0.4, -0.2) is 27.8 Å². The molecule has 0 unspecified atom stereocenters. The number of carbonyl (C=O) groups is 1. The van der Waals surface area contributed by atoms with Crippen molar-refractivity contribution >= 4 is 22.5 Å². The first-order valence-corrected chi connectivity index (χ1v) is 7.97. The number of carbonyl (C=O) groups excluding carboxylic acids is 1. The predicted molar refractivity (Wildman–Crippen MR) is 98.2 cm³/mol. The van der Waals surface area contributed by atoms with Gasteiger partial charge in [0.15, 0.2) is 0 Å². The molecule has 0 aliphatic rings. The van der Waals surface area contributed by atoms with Gasteiger partial charge in [-0.25, -0.2) is 0 Å². The number of aromatic amines is 1. The van der Waals surface area contributed by atoms with E-state index in [1.807, 2.05) is 25.1 Å². The Hall–Kier alpha value is -3.48. The van der Waals surface area contributed by atoms with E-state index in [4.69, 9.17) is 0 Å². The van der Waals surface area contributed by atoms with E-state index >= 15 is 0 Å². The molecule has 7 nitrogen and oxygen atoms in total. The molecule has 7 heteroatoms. The number of pyridine rings is 1. The lowest BCUT2D eigenvalue weighted by Gasteiger charge is -2.17. The van der Waals surface area contributed by atoms with Gasteiger partial charge in [-0.15, -0.1) is 0 Å². The number of nitrogens with one attached hydrogen (secondary N) is 1. The second-order valence-corrected chi connectivity index (χ2v) is 6.18. The van der Waals surface area contributed by atoms with Crippen LogP contribution in [0.15, 0.2) is 53.3 Å². The first-order valence-electron chi connectivity index (χ1n) is 7.97. The third kappa shape index (κ3) is 3.46. The Morgan fingerprint density at radius 1 is 1.19 bits per heavy atom. The zero-order valence-corrected chi connectivity index (χ0v) is 14.4. The van der Waals surface area contributed by atoms with Crippen molar-refractivity contribution in [2.75, 3.05) is 7.05 Å². The molecular weight excluding hydrogens is 334 g/mol. The van der Waals surface area contributed by atoms with E-state index in [-0.39, 0.29) is 23.4 Å². The molecule has 0 aliphatic heterocycles. The van der Waals surface area contributed by atoms with Crippen molar-refractivity contribution in [1.29, 1.82) is 0 Å². The number of nitro benzene ring substituents is 1. The summed E-state index contributed by atoms with van der Waals surface area (Å²) in [5.74, 6) is -0.392. The molecule has 0 aliphatic carbocycles. The number of amides is 1. The molecule has 0 atom stereocenters. The second kappa shape index (κ2) is 6.79. The van der Waals surface area contributed by atoms with Crippen LogP contribution >= 0.6 is 0 Å². The number of aryl methyl sites for hydroxylation is 1. The van der Waals surface area contributed by atoms with Crippen molar-refractivity contribution in [3.05, 3.63) is 85.7 Å². The third-order valence-electron chi connectivity index (χ3n) is 4.14. The molecule has 1 aromatic heterocycles. The topological polar surface area (TPSA) is 96.3 Å². The fraction of sp³-hybridized carbons (Fsp3) is 0.158. The lowest BCUT2D eigenvalue weighted by atomic mass is 10.1. The molecule has 2 aromatic carbocycles. The Bertz CT molecular complexity index is 1070. The summed E-state index contributed by atoms with van der Waals surface area (Å²) in [6, 6.07) is 13.0. The van der Waals surface area contributed by atoms with Crippen LogP contribution in [0.2, 0.25) is 0 Å². The Morgan fingerprint density at radius 2 is 1.96 bits per heavy atom. The van der Waals surface area contributed by atoms with Crippen LogP contribution in [0.4, 0.5) is 5.69 Å². The average molecular weight is 351 g/mol. The van der Waals surface area contributed by atoms with E-state index in [1.165, 1.54) is 29.2 Å². The Labute approximate surface area is 149 Å². The van der Waals surface area contributed by atoms with Gasteiger partial charge in [0.1, 0.15) is 0 Å². The summed E-state index contributed by atoms with van der Waals surface area (Å²) >= 11 is 0. The normalized spacial score (nSPS) is 10.7. The molecule has 0 radical (unpaired) electrons. The van der Waals surface area contributed by atoms with Crippen LogP contribution in [-0.2, 0) is 6.54 Å². The van der Waals surface area contributed by atoms with Gasteiger partial charge in [-0.3, -0.25) is 19.7 Å². The van der Waals surface area contributed by atoms with Gasteiger partial charge in [-0.1, -0.05) is 18.2 Å². The van der Waals surface area contributed by atoms with Crippen LogP contribution in [0.25, 0.3) is 10.9 Å². The van der Waals surface area contributed by atoms with Crippen molar-refractivity contribution in [3.63, 3.8) is 0 Å². The first kappa shape index (κ1) is 17.3. The maximum Gasteiger partial charge on any atom is 0.270 e. The minimum Gasteiger partial charge on any atom is -0.337 e. The summed E-state index contributed by atoms with van der Waals surface area (Å²) in [6.07, 6.45) is 0. The molecule has 1 amide bonds. The molecule has 0 saturated carbocycles. The number of hydrogen-bond donors (Lipinski definition) is 1. The van der Waals surface area contributed by atoms with Crippen LogP contribution in [0.5, 0.6) is 0 Å². The average Bonchev–Trinajstić information content (AvgIpc) is 2.62. The zero-order valence-electron chi connectivity index (χ0n) is 14.4. The molecule has 0 fully saturated rings. The minimum atomic E-state index is -0.549. The monoisotopic (exact) mass is 351 g/mol. The van der Waals surface area contributed by atoms with Crippen LogP contribution in [0, 0.1) is 17.0 Å². The van der Waals surface area contributed by atoms with Gasteiger partial charge in [-0.2, -0.15) is 0 Å². The van der Waals surface area contributed by atoms with E-state index in [0.717, 1.165) is 16.5 Å². The first-order chi connectivity index (χ1) is 12.3. The van der Waals surface area contributed by atoms with Crippen molar-refractivity contribution in [3.8, 4) is 0 Å². The predicted octanol–water partition coefficient (Wildman–Crippen LogP) is 3.02. The van der Waals surface area contributed by atoms with Gasteiger partial charge < -0.3 is 9.88 Å². The summed E-state index contributed by atoms with van der Waals surface area (Å²) in [4.78, 5) is 39.3. The van der Waals surface area contributed by atoms with Gasteiger partial charge in [0.25, 0.3) is 17.2 Å². The molecule has 3 rings (SSSR count). The van der Waals surface area contributed by atoms with Crippen LogP contribution in [0.1, 0.15) is 21.5 Å². The highest BCUT2D eigenvalue weighted by molar-refractivity contribution is 5.94. The molecule has 0 spiro atoms. The van der Waals surface area contributed by atoms with Crippen LogP contribution < -0.4 is 5.56 Å². The van der Waals surface area contributed by atoms with Crippen LogP contribution in [0.3, 0.4) is 0 Å². The third-order valence-corrected chi connectivity index (χ3v) is 4.14. The highest BCUT2D eigenvalue weighted by atomic mass is 16.6. The second-order valence-electron chi connectivity index (χ2n) is 6.18. The maximum absolute atomic E-state index is 12.5. The smallest absolute Gasteiger partial charge is 0.270 e. The fourth-order valence-electron chi connectivity index (χ4n) is 2.78. The number of rotatable bonds is 4. The summed E-state index contributed by atoms with van der Waals surface area (Å²) in [6.45, 7) is 2.04. The number of aromatic nitrogens is 1. The standard InChI is InChI=1S/C19H17N3O4/c1-12-6-7-13-9-15(18(23)20-17(13)8-12)11-21(2)19(24)14-4-3-5-16(10-14)22(25)26/h3-10H,11H2,1-2H3,(H,20,23). The number of H-pyrrole nitrogens is 1. The molecular formula is C19H17N3O4. The number of nitrogens with zero attached hydrogens (tertiary/aromatic N) is 2. The van der Waals surface area contributed by atoms with E-state index in [1.54, 1.807) is 13.1 Å². The van der Waals surface area contributed by atoms with E-state index in [2.05, 4.69) is 4.98 Å². The highest BCUT2D eigenvalue weighted by Crippen LogP contribution is 2.17. The molecule has 132 valence electrons. The molecule has 26 heavy (non-hydrogen) atoms. The fourth-order valence-corrected chi connectivity index (χ4v) is 2.78. The summed E-state index contributed by atoms with van der Waals surface area (Å²) in [5, 5.41) is 11.7. The quantitative estimate of drug-likeness (QED) is 0.577. The van der Waals surface area contributed by atoms with Gasteiger partial charge in [0.2, 0.25) is 0 Å². The van der Waals surface area contributed by atoms with Gasteiger partial charge in [-0.05, 0) is 36.1 Å². The largest absolute Gasteiger partial charge is 0.337 e. The summed E-state index contributed by atoms with van der Waals surface area (Å²) in [7, 11) is 1.56. The number of non-ortho nitro benzene ring substituents is 1.